The Kier molecular flexibility index (Phi) is 5.20. The Bertz CT molecular complexity index is 882. The molecule has 2 aromatic rings. The number of rotatable bonds is 4. The van der Waals surface area contributed by atoms with Crippen LogP contribution in [0, 0.1) is 0 Å². The smallest absolute Gasteiger partial charge is 0.255 e. The number of sulfonamides is 1. The van der Waals surface area contributed by atoms with Crippen molar-refractivity contribution in [3.8, 4) is 5.75 Å². The summed E-state index contributed by atoms with van der Waals surface area (Å²) in [5.41, 5.74) is 1.90. The van der Waals surface area contributed by atoms with Gasteiger partial charge >= 0.3 is 0 Å². The molecule has 0 saturated heterocycles. The van der Waals surface area contributed by atoms with E-state index in [2.05, 4.69) is 26.1 Å². The molecule has 0 bridgehead atoms. The minimum absolute atomic E-state index is 0.00459. The molecule has 0 heterocycles. The van der Waals surface area contributed by atoms with Crippen LogP contribution < -0.4 is 15.2 Å². The maximum atomic E-state index is 12.4. The quantitative estimate of drug-likeness (QED) is 0.873. The van der Waals surface area contributed by atoms with Crippen molar-refractivity contribution in [3.05, 3.63) is 53.6 Å². The number of hydrogen-bond donors (Lipinski definition) is 2. The second-order valence-corrected chi connectivity index (χ2v) is 8.22. The van der Waals surface area contributed by atoms with Gasteiger partial charge in [0.05, 0.1) is 7.11 Å². The number of hydrogen-bond acceptors (Lipinski definition) is 4. The van der Waals surface area contributed by atoms with Gasteiger partial charge in [-0.2, -0.15) is 0 Å². The number of ether oxygens (including phenoxy) is 1. The zero-order chi connectivity index (χ0) is 18.8. The lowest BCUT2D eigenvalue weighted by molar-refractivity contribution is 0.102. The van der Waals surface area contributed by atoms with Gasteiger partial charge in [-0.25, -0.2) is 13.6 Å². The topological polar surface area (TPSA) is 98.5 Å². The van der Waals surface area contributed by atoms with E-state index < -0.39 is 10.0 Å². The molecule has 0 spiro atoms. The van der Waals surface area contributed by atoms with E-state index in [4.69, 9.17) is 9.88 Å². The Hall–Kier alpha value is -2.38. The minimum Gasteiger partial charge on any atom is -0.495 e. The number of nitrogens with one attached hydrogen (secondary N) is 1. The maximum absolute atomic E-state index is 12.4. The zero-order valence-corrected chi connectivity index (χ0v) is 15.5. The van der Waals surface area contributed by atoms with Gasteiger partial charge in [-0.1, -0.05) is 32.9 Å². The monoisotopic (exact) mass is 362 g/mol. The molecule has 0 aliphatic heterocycles. The Morgan fingerprint density at radius 1 is 1.08 bits per heavy atom. The summed E-state index contributed by atoms with van der Waals surface area (Å²) in [6.07, 6.45) is 0. The van der Waals surface area contributed by atoms with Crippen LogP contribution in [0.2, 0.25) is 0 Å². The van der Waals surface area contributed by atoms with E-state index in [1.807, 2.05) is 12.1 Å². The Morgan fingerprint density at radius 3 is 2.16 bits per heavy atom. The molecule has 6 nitrogen and oxygen atoms in total. The van der Waals surface area contributed by atoms with Crippen LogP contribution in [0.15, 0.2) is 47.4 Å². The number of carbonyl (C=O) groups is 1. The highest BCUT2D eigenvalue weighted by atomic mass is 32.2. The molecule has 7 heteroatoms. The van der Waals surface area contributed by atoms with Crippen molar-refractivity contribution in [1.29, 1.82) is 0 Å². The van der Waals surface area contributed by atoms with Crippen LogP contribution >= 0.6 is 0 Å². The van der Waals surface area contributed by atoms with Crippen LogP contribution in [0.1, 0.15) is 36.7 Å². The van der Waals surface area contributed by atoms with Crippen LogP contribution in [0.25, 0.3) is 0 Å². The molecular weight excluding hydrogens is 340 g/mol. The van der Waals surface area contributed by atoms with Crippen molar-refractivity contribution in [2.75, 3.05) is 12.4 Å². The Labute approximate surface area is 148 Å². The molecule has 0 aliphatic carbocycles. The molecule has 25 heavy (non-hydrogen) atoms. The minimum atomic E-state index is -3.97. The Balaban J connectivity index is 2.26. The number of anilines is 1. The average Bonchev–Trinajstić information content (AvgIpc) is 2.53. The van der Waals surface area contributed by atoms with Crippen molar-refractivity contribution < 1.29 is 17.9 Å². The maximum Gasteiger partial charge on any atom is 0.255 e. The average molecular weight is 362 g/mol. The van der Waals surface area contributed by atoms with Gasteiger partial charge in [0, 0.05) is 11.3 Å². The molecular formula is C18H22N2O4S. The van der Waals surface area contributed by atoms with Gasteiger partial charge in [-0.15, -0.1) is 0 Å². The van der Waals surface area contributed by atoms with Gasteiger partial charge in [-0.05, 0) is 41.3 Å². The first kappa shape index (κ1) is 19.0. The fourth-order valence-electron chi connectivity index (χ4n) is 2.30. The van der Waals surface area contributed by atoms with Crippen LogP contribution in [-0.2, 0) is 15.4 Å². The van der Waals surface area contributed by atoms with Crippen molar-refractivity contribution in [1.82, 2.24) is 0 Å². The molecule has 0 unspecified atom stereocenters. The molecule has 0 aromatic heterocycles. The first-order valence-corrected chi connectivity index (χ1v) is 9.20. The summed E-state index contributed by atoms with van der Waals surface area (Å²) in [7, 11) is -2.62. The SMILES string of the molecule is COc1ccc(NC(=O)c2ccc(C(C)(C)C)cc2)cc1S(N)(=O)=O. The van der Waals surface area contributed by atoms with Crippen molar-refractivity contribution in [2.24, 2.45) is 5.14 Å². The molecule has 0 radical (unpaired) electrons. The third-order valence-electron chi connectivity index (χ3n) is 3.74. The highest BCUT2D eigenvalue weighted by Crippen LogP contribution is 2.27. The lowest BCUT2D eigenvalue weighted by atomic mass is 9.87. The van der Waals surface area contributed by atoms with E-state index in [9.17, 15) is 13.2 Å². The van der Waals surface area contributed by atoms with Gasteiger partial charge in [0.25, 0.3) is 5.91 Å². The van der Waals surface area contributed by atoms with Gasteiger partial charge in [0.1, 0.15) is 10.6 Å². The summed E-state index contributed by atoms with van der Waals surface area (Å²) in [6.45, 7) is 6.27. The molecule has 2 rings (SSSR count). The highest BCUT2D eigenvalue weighted by Gasteiger charge is 2.17. The number of primary sulfonamides is 1. The molecule has 0 aliphatic rings. The fraction of sp³-hybridized carbons (Fsp3) is 0.278. The molecule has 3 N–H and O–H groups in total. The lowest BCUT2D eigenvalue weighted by Gasteiger charge is -2.19. The molecule has 134 valence electrons. The Morgan fingerprint density at radius 2 is 1.68 bits per heavy atom. The van der Waals surface area contributed by atoms with Crippen LogP contribution in [-0.4, -0.2) is 21.4 Å². The molecule has 0 fully saturated rings. The summed E-state index contributed by atoms with van der Waals surface area (Å²) in [5, 5.41) is 7.85. The fourth-order valence-corrected chi connectivity index (χ4v) is 3.02. The standard InChI is InChI=1S/C18H22N2O4S/c1-18(2,3)13-7-5-12(6-8-13)17(21)20-14-9-10-15(24-4)16(11-14)25(19,22)23/h5-11H,1-4H3,(H,20,21)(H2,19,22,23). The lowest BCUT2D eigenvalue weighted by Crippen LogP contribution is -2.16. The normalized spacial score (nSPS) is 11.9. The number of methoxy groups -OCH3 is 1. The third kappa shape index (κ3) is 4.58. The second-order valence-electron chi connectivity index (χ2n) is 6.69. The van der Waals surface area contributed by atoms with Crippen LogP contribution in [0.5, 0.6) is 5.75 Å². The van der Waals surface area contributed by atoms with Gasteiger partial charge in [0.2, 0.25) is 10.0 Å². The zero-order valence-electron chi connectivity index (χ0n) is 14.7. The second kappa shape index (κ2) is 6.85. The van der Waals surface area contributed by atoms with E-state index in [1.165, 1.54) is 19.2 Å². The van der Waals surface area contributed by atoms with Gasteiger partial charge < -0.3 is 10.1 Å². The van der Waals surface area contributed by atoms with E-state index in [0.717, 1.165) is 5.56 Å². The van der Waals surface area contributed by atoms with Crippen molar-refractivity contribution in [3.63, 3.8) is 0 Å². The number of amides is 1. The van der Waals surface area contributed by atoms with Gasteiger partial charge in [-0.3, -0.25) is 4.79 Å². The van der Waals surface area contributed by atoms with E-state index in [0.29, 0.717) is 11.3 Å². The molecule has 0 saturated carbocycles. The summed E-state index contributed by atoms with van der Waals surface area (Å²) >= 11 is 0. The number of carbonyl (C=O) groups excluding carboxylic acids is 1. The predicted octanol–water partition coefficient (Wildman–Crippen LogP) is 2.89. The van der Waals surface area contributed by atoms with E-state index in [1.54, 1.807) is 18.2 Å². The molecule has 2 aromatic carbocycles. The highest BCUT2D eigenvalue weighted by molar-refractivity contribution is 7.89. The van der Waals surface area contributed by atoms with Crippen molar-refractivity contribution >= 4 is 21.6 Å². The molecule has 0 atom stereocenters. The third-order valence-corrected chi connectivity index (χ3v) is 4.67. The number of benzene rings is 2. The van der Waals surface area contributed by atoms with E-state index in [-0.39, 0.29) is 22.0 Å². The summed E-state index contributed by atoms with van der Waals surface area (Å²) in [5.74, 6) is -0.221. The van der Waals surface area contributed by atoms with Crippen molar-refractivity contribution in [2.45, 2.75) is 31.1 Å². The summed E-state index contributed by atoms with van der Waals surface area (Å²) < 4.78 is 28.3. The predicted molar refractivity (Wildman–Crippen MR) is 97.5 cm³/mol. The number of nitrogens with two attached hydrogens (primary N) is 1. The van der Waals surface area contributed by atoms with Crippen LogP contribution in [0.4, 0.5) is 5.69 Å². The van der Waals surface area contributed by atoms with Gasteiger partial charge in [0.15, 0.2) is 0 Å². The first-order valence-electron chi connectivity index (χ1n) is 7.65. The molecule has 1 amide bonds. The largest absolute Gasteiger partial charge is 0.495 e. The van der Waals surface area contributed by atoms with E-state index >= 15 is 0 Å². The summed E-state index contributed by atoms with van der Waals surface area (Å²) in [6, 6.07) is 11.5. The first-order chi connectivity index (χ1) is 11.5. The summed E-state index contributed by atoms with van der Waals surface area (Å²) in [4.78, 5) is 12.2. The van der Waals surface area contributed by atoms with Crippen LogP contribution in [0.3, 0.4) is 0 Å².